The fourth-order valence-corrected chi connectivity index (χ4v) is 1.98. The summed E-state index contributed by atoms with van der Waals surface area (Å²) >= 11 is 12.1. The van der Waals surface area contributed by atoms with Crippen LogP contribution in [-0.4, -0.2) is 35.9 Å². The normalized spacial score (nSPS) is 11.1. The molecular formula is C8H6Cl2N3O3S. The SMILES string of the molecule is CO/N=C(\[C]=O)c1nc(NC(=O)CCl)sc1Cl. The third kappa shape index (κ3) is 3.65. The lowest BCUT2D eigenvalue weighted by molar-refractivity contribution is -0.113. The van der Waals surface area contributed by atoms with E-state index >= 15 is 0 Å². The van der Waals surface area contributed by atoms with Crippen LogP contribution in [-0.2, 0) is 14.4 Å². The van der Waals surface area contributed by atoms with Crippen LogP contribution in [0.25, 0.3) is 0 Å². The predicted molar refractivity (Wildman–Crippen MR) is 65.7 cm³/mol. The molecule has 1 heterocycles. The van der Waals surface area contributed by atoms with Crippen molar-refractivity contribution in [3.05, 3.63) is 10.0 Å². The van der Waals surface area contributed by atoms with Gasteiger partial charge < -0.3 is 10.2 Å². The maximum absolute atomic E-state index is 11.0. The highest BCUT2D eigenvalue weighted by atomic mass is 35.5. The lowest BCUT2D eigenvalue weighted by Gasteiger charge is -1.95. The number of alkyl halides is 1. The third-order valence-electron chi connectivity index (χ3n) is 1.46. The average molecular weight is 295 g/mol. The van der Waals surface area contributed by atoms with E-state index in [1.165, 1.54) is 13.4 Å². The van der Waals surface area contributed by atoms with Crippen LogP contribution in [0, 0.1) is 0 Å². The molecule has 0 atom stereocenters. The molecule has 0 aliphatic carbocycles. The van der Waals surface area contributed by atoms with E-state index < -0.39 is 5.91 Å². The zero-order chi connectivity index (χ0) is 12.8. The molecule has 0 aliphatic heterocycles. The smallest absolute Gasteiger partial charge is 0.259 e. The van der Waals surface area contributed by atoms with Gasteiger partial charge in [-0.2, -0.15) is 0 Å². The topological polar surface area (TPSA) is 80.7 Å². The third-order valence-corrected chi connectivity index (χ3v) is 2.87. The van der Waals surface area contributed by atoms with Gasteiger partial charge in [-0.1, -0.05) is 28.1 Å². The summed E-state index contributed by atoms with van der Waals surface area (Å²) in [4.78, 5) is 30.0. The van der Waals surface area contributed by atoms with Crippen LogP contribution in [0.5, 0.6) is 0 Å². The van der Waals surface area contributed by atoms with E-state index in [1.54, 1.807) is 0 Å². The van der Waals surface area contributed by atoms with Crippen LogP contribution in [0.1, 0.15) is 5.69 Å². The second-order valence-corrected chi connectivity index (χ2v) is 4.42. The number of aromatic nitrogens is 1. The molecule has 1 amide bonds. The molecule has 0 fully saturated rings. The van der Waals surface area contributed by atoms with E-state index in [1.807, 2.05) is 0 Å². The van der Waals surface area contributed by atoms with Crippen molar-refractivity contribution >= 4 is 57.6 Å². The summed E-state index contributed by atoms with van der Waals surface area (Å²) in [7, 11) is 1.27. The minimum Gasteiger partial charge on any atom is -0.398 e. The number of thiazole rings is 1. The first-order chi connectivity index (χ1) is 8.12. The fraction of sp³-hybridized carbons (Fsp3) is 0.250. The number of oxime groups is 1. The molecule has 9 heteroatoms. The van der Waals surface area contributed by atoms with Gasteiger partial charge in [0, 0.05) is 0 Å². The Morgan fingerprint density at radius 1 is 1.71 bits per heavy atom. The second-order valence-electron chi connectivity index (χ2n) is 2.55. The summed E-state index contributed by atoms with van der Waals surface area (Å²) in [6.45, 7) is 0. The molecule has 0 spiro atoms. The van der Waals surface area contributed by atoms with Crippen molar-refractivity contribution in [3.8, 4) is 0 Å². The van der Waals surface area contributed by atoms with E-state index in [0.29, 0.717) is 0 Å². The standard InChI is InChI=1S/C8H6Cl2N3O3S/c1-16-13-4(3-14)6-7(10)17-8(12-6)11-5(15)2-9/h2H2,1H3,(H,11,12,15)/b13-4+. The van der Waals surface area contributed by atoms with Crippen molar-refractivity contribution in [1.29, 1.82) is 0 Å². The molecule has 1 radical (unpaired) electrons. The number of carbonyl (C=O) groups excluding carboxylic acids is 2. The lowest BCUT2D eigenvalue weighted by atomic mass is 10.3. The van der Waals surface area contributed by atoms with E-state index in [-0.39, 0.29) is 26.8 Å². The highest BCUT2D eigenvalue weighted by Gasteiger charge is 2.17. The molecule has 0 aromatic carbocycles. The summed E-state index contributed by atoms with van der Waals surface area (Å²) in [5.74, 6) is -0.630. The Morgan fingerprint density at radius 3 is 2.94 bits per heavy atom. The largest absolute Gasteiger partial charge is 0.398 e. The van der Waals surface area contributed by atoms with E-state index in [2.05, 4.69) is 20.3 Å². The Kier molecular flexibility index (Phi) is 5.33. The van der Waals surface area contributed by atoms with Gasteiger partial charge in [-0.15, -0.1) is 11.6 Å². The summed E-state index contributed by atoms with van der Waals surface area (Å²) in [5.41, 5.74) is -0.0847. The molecule has 0 unspecified atom stereocenters. The van der Waals surface area contributed by atoms with Crippen LogP contribution < -0.4 is 5.32 Å². The summed E-state index contributed by atoms with van der Waals surface area (Å²) in [5, 5.41) is 6.02. The molecular weight excluding hydrogens is 289 g/mol. The van der Waals surface area contributed by atoms with Crippen molar-refractivity contribution in [2.24, 2.45) is 5.16 Å². The number of amides is 1. The Hall–Kier alpha value is -1.18. The predicted octanol–water partition coefficient (Wildman–Crippen LogP) is 1.43. The van der Waals surface area contributed by atoms with Gasteiger partial charge in [-0.05, 0) is 0 Å². The molecule has 1 aromatic heterocycles. The number of nitrogens with zero attached hydrogens (tertiary/aromatic N) is 2. The van der Waals surface area contributed by atoms with Gasteiger partial charge in [-0.3, -0.25) is 9.59 Å². The van der Waals surface area contributed by atoms with Gasteiger partial charge in [0.2, 0.25) is 5.91 Å². The van der Waals surface area contributed by atoms with Gasteiger partial charge in [0.05, 0.1) is 0 Å². The number of rotatable bonds is 5. The number of nitrogens with one attached hydrogen (secondary N) is 1. The van der Waals surface area contributed by atoms with E-state index in [0.717, 1.165) is 11.3 Å². The number of carbonyl (C=O) groups is 1. The van der Waals surface area contributed by atoms with Crippen molar-refractivity contribution in [2.75, 3.05) is 18.3 Å². The zero-order valence-corrected chi connectivity index (χ0v) is 10.8. The van der Waals surface area contributed by atoms with Crippen molar-refractivity contribution in [2.45, 2.75) is 0 Å². The molecule has 0 aliphatic rings. The quantitative estimate of drug-likeness (QED) is 0.506. The first-order valence-electron chi connectivity index (χ1n) is 4.14. The highest BCUT2D eigenvalue weighted by molar-refractivity contribution is 7.20. The first kappa shape index (κ1) is 13.9. The Labute approximate surface area is 111 Å². The van der Waals surface area contributed by atoms with Crippen LogP contribution in [0.4, 0.5) is 5.13 Å². The van der Waals surface area contributed by atoms with Crippen LogP contribution >= 0.6 is 34.5 Å². The molecule has 0 bridgehead atoms. The fourth-order valence-electron chi connectivity index (χ4n) is 0.855. The molecule has 1 rings (SSSR count). The maximum Gasteiger partial charge on any atom is 0.259 e. The van der Waals surface area contributed by atoms with Gasteiger partial charge in [-0.25, -0.2) is 4.98 Å². The number of halogens is 2. The second kappa shape index (κ2) is 6.53. The summed E-state index contributed by atoms with van der Waals surface area (Å²) < 4.78 is 0.189. The van der Waals surface area contributed by atoms with Gasteiger partial charge in [0.25, 0.3) is 6.29 Å². The zero-order valence-electron chi connectivity index (χ0n) is 8.49. The maximum atomic E-state index is 11.0. The van der Waals surface area contributed by atoms with Crippen LogP contribution in [0.3, 0.4) is 0 Å². The first-order valence-corrected chi connectivity index (χ1v) is 5.87. The Morgan fingerprint density at radius 2 is 2.41 bits per heavy atom. The van der Waals surface area contributed by atoms with Crippen molar-refractivity contribution in [3.63, 3.8) is 0 Å². The number of hydrogen-bond acceptors (Lipinski definition) is 6. The van der Waals surface area contributed by atoms with E-state index in [4.69, 9.17) is 23.2 Å². The molecule has 17 heavy (non-hydrogen) atoms. The molecule has 6 nitrogen and oxygen atoms in total. The van der Waals surface area contributed by atoms with Crippen LogP contribution in [0.15, 0.2) is 5.16 Å². The van der Waals surface area contributed by atoms with Gasteiger partial charge in [0.1, 0.15) is 23.0 Å². The lowest BCUT2D eigenvalue weighted by Crippen LogP contribution is -2.12. The minimum absolute atomic E-state index is 0.0957. The molecule has 1 N–H and O–H groups in total. The highest BCUT2D eigenvalue weighted by Crippen LogP contribution is 2.28. The minimum atomic E-state index is -0.427. The van der Waals surface area contributed by atoms with Gasteiger partial charge >= 0.3 is 0 Å². The van der Waals surface area contributed by atoms with Crippen molar-refractivity contribution < 1.29 is 14.4 Å². The molecule has 0 saturated heterocycles. The monoisotopic (exact) mass is 294 g/mol. The summed E-state index contributed by atoms with van der Waals surface area (Å²) in [6.07, 6.45) is 1.54. The average Bonchev–Trinajstić information content (AvgIpc) is 2.66. The molecule has 91 valence electrons. The Bertz CT molecular complexity index is 461. The summed E-state index contributed by atoms with van der Waals surface area (Å²) in [6, 6.07) is 0. The van der Waals surface area contributed by atoms with Crippen LogP contribution in [0.2, 0.25) is 4.34 Å². The Balaban J connectivity index is 2.99. The van der Waals surface area contributed by atoms with E-state index in [9.17, 15) is 9.59 Å². The molecule has 1 aromatic rings. The molecule has 0 saturated carbocycles. The van der Waals surface area contributed by atoms with Crippen molar-refractivity contribution in [1.82, 2.24) is 4.98 Å². The number of anilines is 1. The van der Waals surface area contributed by atoms with Gasteiger partial charge in [0.15, 0.2) is 10.8 Å². The number of hydrogen-bond donors (Lipinski definition) is 1.